The first-order valence-electron chi connectivity index (χ1n) is 10.2. The highest BCUT2D eigenvalue weighted by atomic mass is 19.1. The van der Waals surface area contributed by atoms with Gasteiger partial charge in [-0.25, -0.2) is 19.3 Å². The Labute approximate surface area is 182 Å². The van der Waals surface area contributed by atoms with Gasteiger partial charge in [-0.1, -0.05) is 6.42 Å². The molecular weight excluding hydrogens is 401 g/mol. The average molecular weight is 432 g/mol. The molecule has 2 aromatic rings. The molecule has 1 unspecified atom stereocenters. The van der Waals surface area contributed by atoms with Crippen LogP contribution in [0.2, 0.25) is 0 Å². The molecule has 0 saturated heterocycles. The summed E-state index contributed by atoms with van der Waals surface area (Å²) < 4.78 is 19.8. The van der Waals surface area contributed by atoms with Gasteiger partial charge in [-0.2, -0.15) is 5.26 Å². The zero-order chi connectivity index (χ0) is 23.1. The molecule has 1 atom stereocenters. The molecule has 31 heavy (non-hydrogen) atoms. The molecule has 3 rings (SSSR count). The number of nitrogens with zero attached hydrogens (tertiary/aromatic N) is 4. The molecule has 1 aliphatic rings. The fourth-order valence-corrected chi connectivity index (χ4v) is 2.60. The first-order chi connectivity index (χ1) is 15.0. The number of pyridine rings is 1. The predicted molar refractivity (Wildman–Crippen MR) is 115 cm³/mol. The van der Waals surface area contributed by atoms with Crippen molar-refractivity contribution in [3.05, 3.63) is 36.0 Å². The third kappa shape index (κ3) is 9.59. The summed E-state index contributed by atoms with van der Waals surface area (Å²) in [5.41, 5.74) is 0.812. The monoisotopic (exact) mass is 431 g/mol. The molecule has 9 heteroatoms. The maximum atomic E-state index is 14.1. The number of rotatable bonds is 5. The van der Waals surface area contributed by atoms with Crippen molar-refractivity contribution in [2.45, 2.75) is 58.1 Å². The molecule has 2 heterocycles. The number of halogens is 1. The van der Waals surface area contributed by atoms with Crippen molar-refractivity contribution < 1.29 is 19.0 Å². The van der Waals surface area contributed by atoms with E-state index in [0.717, 1.165) is 32.0 Å². The van der Waals surface area contributed by atoms with Crippen molar-refractivity contribution in [1.29, 1.82) is 5.26 Å². The Bertz CT molecular complexity index is 817. The number of aldehydes is 1. The van der Waals surface area contributed by atoms with Crippen LogP contribution < -0.4 is 10.1 Å². The Morgan fingerprint density at radius 3 is 2.35 bits per heavy atom. The number of aromatic nitrogens is 3. The lowest BCUT2D eigenvalue weighted by Crippen LogP contribution is -2.24. The number of carbonyl (C=O) groups is 1. The van der Waals surface area contributed by atoms with E-state index in [2.05, 4.69) is 20.3 Å². The second kappa shape index (κ2) is 14.9. The van der Waals surface area contributed by atoms with E-state index < -0.39 is 5.82 Å². The minimum absolute atomic E-state index is 0.0318. The zero-order valence-electron chi connectivity index (χ0n) is 18.2. The van der Waals surface area contributed by atoms with Crippen molar-refractivity contribution >= 4 is 6.29 Å². The van der Waals surface area contributed by atoms with Gasteiger partial charge in [-0.3, -0.25) is 0 Å². The number of hydrogen-bond acceptors (Lipinski definition) is 8. The number of likely N-dealkylation sites (N-methyl/N-ethyl adjacent to an activating group) is 1. The van der Waals surface area contributed by atoms with E-state index in [1.165, 1.54) is 38.0 Å². The van der Waals surface area contributed by atoms with Gasteiger partial charge in [0.25, 0.3) is 5.88 Å². The quantitative estimate of drug-likeness (QED) is 0.693. The van der Waals surface area contributed by atoms with E-state index in [4.69, 9.17) is 19.9 Å². The minimum atomic E-state index is -0.518. The van der Waals surface area contributed by atoms with Gasteiger partial charge in [0.1, 0.15) is 18.5 Å². The number of nitriles is 1. The lowest BCUT2D eigenvalue weighted by molar-refractivity contribution is -0.106. The highest BCUT2D eigenvalue weighted by molar-refractivity contribution is 5.54. The smallest absolute Gasteiger partial charge is 0.250 e. The van der Waals surface area contributed by atoms with Gasteiger partial charge >= 0.3 is 0 Å². The first kappa shape index (κ1) is 26.1. The zero-order valence-corrected chi connectivity index (χ0v) is 18.2. The number of ether oxygens (including phenoxy) is 1. The number of hydrogen-bond donors (Lipinski definition) is 2. The van der Waals surface area contributed by atoms with Gasteiger partial charge in [0, 0.05) is 30.2 Å². The number of carbonyl (C=O) groups excluding carboxylic acids is 1. The molecule has 1 saturated carbocycles. The summed E-state index contributed by atoms with van der Waals surface area (Å²) in [7, 11) is 1.82. The molecule has 0 radical (unpaired) electrons. The van der Waals surface area contributed by atoms with Crippen LogP contribution >= 0.6 is 0 Å². The highest BCUT2D eigenvalue weighted by Crippen LogP contribution is 2.25. The van der Waals surface area contributed by atoms with Gasteiger partial charge in [0.05, 0.1) is 12.2 Å². The first-order valence-corrected chi connectivity index (χ1v) is 10.2. The van der Waals surface area contributed by atoms with Gasteiger partial charge < -0.3 is 20.0 Å². The fraction of sp³-hybridized carbons (Fsp3) is 0.500. The maximum absolute atomic E-state index is 14.1. The summed E-state index contributed by atoms with van der Waals surface area (Å²) >= 11 is 0. The molecule has 0 bridgehead atoms. The molecule has 0 aliphatic heterocycles. The molecule has 0 spiro atoms. The summed E-state index contributed by atoms with van der Waals surface area (Å²) in [6.07, 6.45) is 10.4. The van der Waals surface area contributed by atoms with Crippen LogP contribution in [-0.4, -0.2) is 52.1 Å². The SMILES string of the molecule is CC=O.CNC(C)CO.N#Cc1cnc(-c2cnc(OC3CCCCC3)c(F)c2)nc1. The molecule has 2 N–H and O–H groups in total. The average Bonchev–Trinajstić information content (AvgIpc) is 2.81. The molecule has 0 amide bonds. The van der Waals surface area contributed by atoms with E-state index in [-0.39, 0.29) is 24.6 Å². The lowest BCUT2D eigenvalue weighted by atomic mass is 9.98. The van der Waals surface area contributed by atoms with Crippen LogP contribution in [0.4, 0.5) is 4.39 Å². The number of nitrogens with one attached hydrogen (secondary N) is 1. The third-order valence-electron chi connectivity index (χ3n) is 4.44. The summed E-state index contributed by atoms with van der Waals surface area (Å²) in [5, 5.41) is 19.9. The standard InChI is InChI=1S/C16H15FN4O.C4H11NO.C2H4O/c17-14-6-12(15-19-8-11(7-18)9-20-15)10-21-16(14)22-13-4-2-1-3-5-13;1-4(3-6)5-2;1-2-3/h6,8-10,13H,1-5H2;4-6H,3H2,1-2H3;2H,1H3. The Balaban J connectivity index is 0.000000455. The minimum Gasteiger partial charge on any atom is -0.472 e. The molecule has 2 aromatic heterocycles. The van der Waals surface area contributed by atoms with Gasteiger partial charge in [-0.15, -0.1) is 0 Å². The van der Waals surface area contributed by atoms with Crippen LogP contribution in [0.25, 0.3) is 11.4 Å². The number of aliphatic hydroxyl groups is 1. The Hall–Kier alpha value is -2.96. The third-order valence-corrected chi connectivity index (χ3v) is 4.44. The van der Waals surface area contributed by atoms with E-state index in [0.29, 0.717) is 17.0 Å². The van der Waals surface area contributed by atoms with Crippen LogP contribution in [0.15, 0.2) is 24.7 Å². The molecule has 1 fully saturated rings. The second-order valence-corrected chi connectivity index (χ2v) is 6.90. The Morgan fingerprint density at radius 2 is 1.90 bits per heavy atom. The predicted octanol–water partition coefficient (Wildman–Crippen LogP) is 3.05. The summed E-state index contributed by atoms with van der Waals surface area (Å²) in [6, 6.07) is 3.49. The van der Waals surface area contributed by atoms with Crippen molar-refractivity contribution in [2.24, 2.45) is 0 Å². The van der Waals surface area contributed by atoms with E-state index in [9.17, 15) is 4.39 Å². The van der Waals surface area contributed by atoms with Crippen LogP contribution in [0, 0.1) is 17.1 Å². The Morgan fingerprint density at radius 1 is 1.29 bits per heavy atom. The van der Waals surface area contributed by atoms with E-state index in [1.54, 1.807) is 0 Å². The van der Waals surface area contributed by atoms with Crippen molar-refractivity contribution in [2.75, 3.05) is 13.7 Å². The Kier molecular flexibility index (Phi) is 12.6. The molecule has 1 aliphatic carbocycles. The topological polar surface area (TPSA) is 121 Å². The maximum Gasteiger partial charge on any atom is 0.250 e. The van der Waals surface area contributed by atoms with Crippen LogP contribution in [-0.2, 0) is 4.79 Å². The summed E-state index contributed by atoms with van der Waals surface area (Å²) in [6.45, 7) is 3.58. The van der Waals surface area contributed by atoms with Crippen molar-refractivity contribution in [3.63, 3.8) is 0 Å². The fourth-order valence-electron chi connectivity index (χ4n) is 2.60. The summed E-state index contributed by atoms with van der Waals surface area (Å²) in [5.74, 6) is -0.157. The highest BCUT2D eigenvalue weighted by Gasteiger charge is 2.18. The van der Waals surface area contributed by atoms with Gasteiger partial charge in [0.2, 0.25) is 0 Å². The number of aliphatic hydroxyl groups excluding tert-OH is 1. The largest absolute Gasteiger partial charge is 0.472 e. The second-order valence-electron chi connectivity index (χ2n) is 6.90. The molecular formula is C22H30FN5O3. The summed E-state index contributed by atoms with van der Waals surface area (Å²) in [4.78, 5) is 20.9. The van der Waals surface area contributed by atoms with Gasteiger partial charge in [-0.05, 0) is 52.6 Å². The van der Waals surface area contributed by atoms with Crippen LogP contribution in [0.3, 0.4) is 0 Å². The van der Waals surface area contributed by atoms with Gasteiger partial charge in [0.15, 0.2) is 11.6 Å². The van der Waals surface area contributed by atoms with Crippen molar-refractivity contribution in [1.82, 2.24) is 20.3 Å². The normalized spacial score (nSPS) is 14.1. The molecule has 0 aromatic carbocycles. The lowest BCUT2D eigenvalue weighted by Gasteiger charge is -2.22. The van der Waals surface area contributed by atoms with E-state index in [1.807, 2.05) is 20.0 Å². The van der Waals surface area contributed by atoms with Crippen molar-refractivity contribution in [3.8, 4) is 23.3 Å². The van der Waals surface area contributed by atoms with Crippen LogP contribution in [0.1, 0.15) is 51.5 Å². The molecule has 8 nitrogen and oxygen atoms in total. The van der Waals surface area contributed by atoms with E-state index >= 15 is 0 Å². The van der Waals surface area contributed by atoms with Crippen LogP contribution in [0.5, 0.6) is 5.88 Å². The molecule has 168 valence electrons.